The van der Waals surface area contributed by atoms with Gasteiger partial charge in [0.05, 0.1) is 0 Å². The molecule has 1 heterocycles. The minimum atomic E-state index is -0.198. The summed E-state index contributed by atoms with van der Waals surface area (Å²) in [6.07, 6.45) is 1.75. The maximum Gasteiger partial charge on any atom is 0.250 e. The molecule has 20 heavy (non-hydrogen) atoms. The molecule has 0 amide bonds. The number of hydrogen-bond acceptors (Lipinski definition) is 2. The largest absolute Gasteiger partial charge is 0.319 e. The number of rotatable bonds is 4. The first kappa shape index (κ1) is 14.5. The van der Waals surface area contributed by atoms with E-state index in [0.717, 1.165) is 5.56 Å². The summed E-state index contributed by atoms with van der Waals surface area (Å²) in [5.74, 6) is -0.198. The molecule has 0 aliphatic rings. The Labute approximate surface area is 118 Å². The van der Waals surface area contributed by atoms with E-state index in [1.165, 1.54) is 10.6 Å². The molecule has 0 aliphatic carbocycles. The molecule has 2 rings (SSSR count). The Hall–Kier alpha value is -1.94. The maximum absolute atomic E-state index is 13.8. The first-order chi connectivity index (χ1) is 9.49. The highest BCUT2D eigenvalue weighted by Gasteiger charge is 2.15. The molecule has 106 valence electrons. The maximum atomic E-state index is 13.8. The van der Waals surface area contributed by atoms with Gasteiger partial charge in [0.25, 0.3) is 5.56 Å². The molecule has 3 nitrogen and oxygen atoms in total. The molecule has 1 atom stereocenters. The summed E-state index contributed by atoms with van der Waals surface area (Å²) >= 11 is 0. The number of aryl methyl sites for hydroxylation is 1. The zero-order valence-electron chi connectivity index (χ0n) is 12.0. The van der Waals surface area contributed by atoms with Crippen molar-refractivity contribution < 1.29 is 4.39 Å². The standard InChI is InChI=1S/C16H19FN2O/c1-12(14-6-4-5-7-15(14)17)19(3)11-13-8-9-18(2)16(20)10-13/h4-10,12H,11H2,1-3H3/t12-/m0/s1. The summed E-state index contributed by atoms with van der Waals surface area (Å²) in [5.41, 5.74) is 1.56. The van der Waals surface area contributed by atoms with Crippen molar-refractivity contribution in [2.24, 2.45) is 7.05 Å². The van der Waals surface area contributed by atoms with Gasteiger partial charge in [-0.25, -0.2) is 4.39 Å². The van der Waals surface area contributed by atoms with Crippen LogP contribution in [0.5, 0.6) is 0 Å². The topological polar surface area (TPSA) is 25.2 Å². The van der Waals surface area contributed by atoms with Crippen LogP contribution in [0.2, 0.25) is 0 Å². The average molecular weight is 274 g/mol. The second kappa shape index (κ2) is 6.01. The van der Waals surface area contributed by atoms with Crippen LogP contribution in [0.3, 0.4) is 0 Å². The van der Waals surface area contributed by atoms with E-state index in [0.29, 0.717) is 12.1 Å². The highest BCUT2D eigenvalue weighted by Crippen LogP contribution is 2.22. The smallest absolute Gasteiger partial charge is 0.250 e. The third-order valence-corrected chi connectivity index (χ3v) is 3.62. The van der Waals surface area contributed by atoms with Crippen LogP contribution in [-0.2, 0) is 13.6 Å². The molecule has 1 aromatic carbocycles. The van der Waals surface area contributed by atoms with E-state index < -0.39 is 0 Å². The van der Waals surface area contributed by atoms with Gasteiger partial charge in [-0.3, -0.25) is 9.69 Å². The van der Waals surface area contributed by atoms with Crippen molar-refractivity contribution in [3.05, 3.63) is 69.9 Å². The first-order valence-corrected chi connectivity index (χ1v) is 6.59. The van der Waals surface area contributed by atoms with Gasteiger partial charge in [0.1, 0.15) is 5.82 Å². The normalized spacial score (nSPS) is 12.7. The third-order valence-electron chi connectivity index (χ3n) is 3.62. The van der Waals surface area contributed by atoms with Crippen LogP contribution in [0.15, 0.2) is 47.4 Å². The minimum Gasteiger partial charge on any atom is -0.319 e. The second-order valence-corrected chi connectivity index (χ2v) is 5.10. The average Bonchev–Trinajstić information content (AvgIpc) is 2.42. The number of benzene rings is 1. The summed E-state index contributed by atoms with van der Waals surface area (Å²) < 4.78 is 15.3. The van der Waals surface area contributed by atoms with Gasteiger partial charge >= 0.3 is 0 Å². The van der Waals surface area contributed by atoms with Crippen LogP contribution in [0.25, 0.3) is 0 Å². The van der Waals surface area contributed by atoms with Crippen molar-refractivity contribution in [2.75, 3.05) is 7.05 Å². The van der Waals surface area contributed by atoms with Gasteiger partial charge in [0.2, 0.25) is 0 Å². The van der Waals surface area contributed by atoms with Gasteiger partial charge in [-0.05, 0) is 31.7 Å². The van der Waals surface area contributed by atoms with E-state index >= 15 is 0 Å². The summed E-state index contributed by atoms with van der Waals surface area (Å²) in [6.45, 7) is 2.56. The van der Waals surface area contributed by atoms with Crippen LogP contribution in [-0.4, -0.2) is 16.5 Å². The SMILES string of the molecule is C[C@@H](c1ccccc1F)N(C)Cc1ccn(C)c(=O)c1. The van der Waals surface area contributed by atoms with Gasteiger partial charge in [0.15, 0.2) is 0 Å². The molecule has 1 aromatic heterocycles. The lowest BCUT2D eigenvalue weighted by molar-refractivity contribution is 0.247. The van der Waals surface area contributed by atoms with Crippen molar-refractivity contribution >= 4 is 0 Å². The van der Waals surface area contributed by atoms with E-state index in [-0.39, 0.29) is 17.4 Å². The van der Waals surface area contributed by atoms with E-state index in [1.54, 1.807) is 31.4 Å². The summed E-state index contributed by atoms with van der Waals surface area (Å²) in [7, 11) is 3.65. The molecule has 2 aromatic rings. The quantitative estimate of drug-likeness (QED) is 0.856. The summed E-state index contributed by atoms with van der Waals surface area (Å²) in [4.78, 5) is 13.6. The number of hydrogen-bond donors (Lipinski definition) is 0. The van der Waals surface area contributed by atoms with Crippen LogP contribution in [0, 0.1) is 5.82 Å². The number of halogens is 1. The number of pyridine rings is 1. The van der Waals surface area contributed by atoms with Gasteiger partial charge in [0, 0.05) is 37.5 Å². The lowest BCUT2D eigenvalue weighted by atomic mass is 10.1. The first-order valence-electron chi connectivity index (χ1n) is 6.59. The lowest BCUT2D eigenvalue weighted by Crippen LogP contribution is -2.24. The third kappa shape index (κ3) is 3.14. The highest BCUT2D eigenvalue weighted by molar-refractivity contribution is 5.21. The molecule has 0 unspecified atom stereocenters. The molecular formula is C16H19FN2O. The van der Waals surface area contributed by atoms with Gasteiger partial charge in [-0.2, -0.15) is 0 Å². The van der Waals surface area contributed by atoms with Crippen LogP contribution in [0.4, 0.5) is 4.39 Å². The Bertz CT molecular complexity index is 651. The Balaban J connectivity index is 2.15. The summed E-state index contributed by atoms with van der Waals surface area (Å²) in [6, 6.07) is 10.3. The van der Waals surface area contributed by atoms with Crippen molar-refractivity contribution in [1.29, 1.82) is 0 Å². The molecule has 0 radical (unpaired) electrons. The van der Waals surface area contributed by atoms with E-state index in [1.807, 2.05) is 31.0 Å². The van der Waals surface area contributed by atoms with Gasteiger partial charge in [-0.15, -0.1) is 0 Å². The van der Waals surface area contributed by atoms with E-state index in [4.69, 9.17) is 0 Å². The summed E-state index contributed by atoms with van der Waals surface area (Å²) in [5, 5.41) is 0. The van der Waals surface area contributed by atoms with E-state index in [2.05, 4.69) is 0 Å². The van der Waals surface area contributed by atoms with Crippen LogP contribution >= 0.6 is 0 Å². The van der Waals surface area contributed by atoms with Crippen LogP contribution < -0.4 is 5.56 Å². The van der Waals surface area contributed by atoms with E-state index in [9.17, 15) is 9.18 Å². The fourth-order valence-electron chi connectivity index (χ4n) is 2.16. The molecule has 0 N–H and O–H groups in total. The zero-order chi connectivity index (χ0) is 14.7. The molecule has 0 bridgehead atoms. The highest BCUT2D eigenvalue weighted by atomic mass is 19.1. The fraction of sp³-hybridized carbons (Fsp3) is 0.312. The predicted octanol–water partition coefficient (Wildman–Crippen LogP) is 2.72. The lowest BCUT2D eigenvalue weighted by Gasteiger charge is -2.25. The second-order valence-electron chi connectivity index (χ2n) is 5.10. The zero-order valence-corrected chi connectivity index (χ0v) is 12.0. The Morgan fingerprint density at radius 1 is 1.30 bits per heavy atom. The van der Waals surface area contributed by atoms with Crippen LogP contribution in [0.1, 0.15) is 24.1 Å². The van der Waals surface area contributed by atoms with Crippen molar-refractivity contribution in [3.8, 4) is 0 Å². The van der Waals surface area contributed by atoms with Crippen molar-refractivity contribution in [1.82, 2.24) is 9.47 Å². The van der Waals surface area contributed by atoms with Gasteiger partial charge < -0.3 is 4.57 Å². The Morgan fingerprint density at radius 2 is 2.00 bits per heavy atom. The number of nitrogens with zero attached hydrogens (tertiary/aromatic N) is 2. The molecule has 0 spiro atoms. The fourth-order valence-corrected chi connectivity index (χ4v) is 2.16. The molecule has 0 saturated carbocycles. The predicted molar refractivity (Wildman–Crippen MR) is 78.0 cm³/mol. The molecule has 0 saturated heterocycles. The molecular weight excluding hydrogens is 255 g/mol. The van der Waals surface area contributed by atoms with Gasteiger partial charge in [-0.1, -0.05) is 18.2 Å². The monoisotopic (exact) mass is 274 g/mol. The molecule has 0 aliphatic heterocycles. The minimum absolute atomic E-state index is 0.0329. The molecule has 0 fully saturated rings. The molecule has 4 heteroatoms. The Kier molecular flexibility index (Phi) is 4.35. The Morgan fingerprint density at radius 3 is 2.65 bits per heavy atom. The van der Waals surface area contributed by atoms with Crippen molar-refractivity contribution in [3.63, 3.8) is 0 Å². The van der Waals surface area contributed by atoms with Crippen molar-refractivity contribution in [2.45, 2.75) is 19.5 Å². The number of aromatic nitrogens is 1.